The summed E-state index contributed by atoms with van der Waals surface area (Å²) in [4.78, 5) is 0. The first-order valence-corrected chi connectivity index (χ1v) is 10.0. The predicted octanol–water partition coefficient (Wildman–Crippen LogP) is 3.41. The van der Waals surface area contributed by atoms with Gasteiger partial charge in [0.25, 0.3) is 0 Å². The fraction of sp³-hybridized carbons (Fsp3) is 0.455. The summed E-state index contributed by atoms with van der Waals surface area (Å²) in [6.45, 7) is 2.72. The van der Waals surface area contributed by atoms with Crippen molar-refractivity contribution in [2.45, 2.75) is 43.7 Å². The summed E-state index contributed by atoms with van der Waals surface area (Å²) in [5, 5.41) is 21.1. The summed E-state index contributed by atoms with van der Waals surface area (Å²) in [5.74, 6) is -0.414. The van der Waals surface area contributed by atoms with Crippen LogP contribution in [0, 0.1) is 0 Å². The van der Waals surface area contributed by atoms with Crippen LogP contribution in [0.3, 0.4) is 0 Å². The highest BCUT2D eigenvalue weighted by Crippen LogP contribution is 2.49. The summed E-state index contributed by atoms with van der Waals surface area (Å²) >= 11 is 6.45. The zero-order chi connectivity index (χ0) is 19.8. The van der Waals surface area contributed by atoms with Crippen molar-refractivity contribution in [3.8, 4) is 5.75 Å². The highest BCUT2D eigenvalue weighted by atomic mass is 35.5. The van der Waals surface area contributed by atoms with E-state index in [1.807, 2.05) is 49.4 Å². The van der Waals surface area contributed by atoms with Gasteiger partial charge in [0.2, 0.25) is 5.79 Å². The minimum atomic E-state index is -1.25. The lowest BCUT2D eigenvalue weighted by Gasteiger charge is -2.40. The average Bonchev–Trinajstić information content (AvgIpc) is 3.05. The summed E-state index contributed by atoms with van der Waals surface area (Å²) < 4.78 is 17.6. The van der Waals surface area contributed by atoms with E-state index in [0.29, 0.717) is 30.9 Å². The Hall–Kier alpha value is -1.63. The largest absolute Gasteiger partial charge is 0.494 e. The number of halogens is 1. The molecule has 2 heterocycles. The van der Waals surface area contributed by atoms with Crippen LogP contribution in [-0.2, 0) is 21.7 Å². The molecule has 2 N–H and O–H groups in total. The molecule has 2 bridgehead atoms. The topological polar surface area (TPSA) is 68.2 Å². The molecule has 0 amide bonds. The summed E-state index contributed by atoms with van der Waals surface area (Å²) in [7, 11) is 0. The van der Waals surface area contributed by atoms with E-state index >= 15 is 0 Å². The Labute approximate surface area is 169 Å². The van der Waals surface area contributed by atoms with Crippen LogP contribution in [0.25, 0.3) is 0 Å². The number of hydrogen-bond acceptors (Lipinski definition) is 5. The van der Waals surface area contributed by atoms with E-state index in [2.05, 4.69) is 0 Å². The molecular weight excluding hydrogens is 380 g/mol. The molecule has 0 spiro atoms. The van der Waals surface area contributed by atoms with Gasteiger partial charge in [-0.25, -0.2) is 0 Å². The van der Waals surface area contributed by atoms with Crippen molar-refractivity contribution in [3.05, 3.63) is 64.2 Å². The van der Waals surface area contributed by atoms with Crippen LogP contribution >= 0.6 is 11.6 Å². The van der Waals surface area contributed by atoms with Crippen molar-refractivity contribution in [1.29, 1.82) is 0 Å². The van der Waals surface area contributed by atoms with Gasteiger partial charge in [-0.3, -0.25) is 0 Å². The molecule has 2 aromatic carbocycles. The second kappa shape index (κ2) is 7.65. The van der Waals surface area contributed by atoms with Crippen LogP contribution in [0.4, 0.5) is 0 Å². The van der Waals surface area contributed by atoms with E-state index in [4.69, 9.17) is 25.8 Å². The van der Waals surface area contributed by atoms with Gasteiger partial charge < -0.3 is 24.4 Å². The van der Waals surface area contributed by atoms with E-state index < -0.39 is 17.5 Å². The first-order valence-electron chi connectivity index (χ1n) is 9.64. The smallest absolute Gasteiger partial charge is 0.222 e. The Balaban J connectivity index is 1.62. The van der Waals surface area contributed by atoms with E-state index in [-0.39, 0.29) is 13.2 Å². The minimum Gasteiger partial charge on any atom is -0.494 e. The lowest BCUT2D eigenvalue weighted by molar-refractivity contribution is -0.277. The number of aliphatic hydroxyl groups excluding tert-OH is 2. The average molecular weight is 405 g/mol. The van der Waals surface area contributed by atoms with E-state index in [9.17, 15) is 10.2 Å². The van der Waals surface area contributed by atoms with E-state index in [0.717, 1.165) is 22.4 Å². The highest BCUT2D eigenvalue weighted by Gasteiger charge is 2.59. The fourth-order valence-electron chi connectivity index (χ4n) is 4.01. The zero-order valence-electron chi connectivity index (χ0n) is 15.9. The molecule has 2 saturated heterocycles. The molecule has 6 heteroatoms. The summed E-state index contributed by atoms with van der Waals surface area (Å²) in [6, 6.07) is 13.5. The fourth-order valence-corrected chi connectivity index (χ4v) is 4.19. The molecule has 3 atom stereocenters. The van der Waals surface area contributed by atoms with Crippen LogP contribution in [0.1, 0.15) is 36.5 Å². The van der Waals surface area contributed by atoms with Crippen LogP contribution in [0.5, 0.6) is 5.75 Å². The van der Waals surface area contributed by atoms with Gasteiger partial charge in [-0.15, -0.1) is 0 Å². The molecule has 2 fully saturated rings. The quantitative estimate of drug-likeness (QED) is 0.772. The Morgan fingerprint density at radius 3 is 2.71 bits per heavy atom. The van der Waals surface area contributed by atoms with Gasteiger partial charge in [0, 0.05) is 10.6 Å². The third kappa shape index (κ3) is 3.42. The van der Waals surface area contributed by atoms with Crippen LogP contribution in [0.2, 0.25) is 5.02 Å². The molecule has 28 heavy (non-hydrogen) atoms. The minimum absolute atomic E-state index is 0.131. The Kier molecular flexibility index (Phi) is 5.38. The molecule has 4 rings (SSSR count). The molecule has 0 aromatic heterocycles. The predicted molar refractivity (Wildman–Crippen MR) is 106 cm³/mol. The molecule has 0 unspecified atom stereocenters. The van der Waals surface area contributed by atoms with Gasteiger partial charge in [-0.05, 0) is 61.6 Å². The number of rotatable bonds is 6. The number of ether oxygens (including phenoxy) is 3. The maximum Gasteiger partial charge on any atom is 0.222 e. The number of hydrogen-bond donors (Lipinski definition) is 2. The Bertz CT molecular complexity index is 839. The van der Waals surface area contributed by atoms with E-state index in [1.54, 1.807) is 0 Å². The molecule has 150 valence electrons. The van der Waals surface area contributed by atoms with E-state index in [1.165, 1.54) is 0 Å². The summed E-state index contributed by atoms with van der Waals surface area (Å²) in [5.41, 5.74) is 2.00. The lowest BCUT2D eigenvalue weighted by Crippen LogP contribution is -2.50. The molecular formula is C22H25ClO5. The van der Waals surface area contributed by atoms with Crippen LogP contribution in [-0.4, -0.2) is 41.7 Å². The molecule has 2 aliphatic heterocycles. The normalized spacial score (nSPS) is 29.1. The van der Waals surface area contributed by atoms with Gasteiger partial charge in [0.15, 0.2) is 0 Å². The Morgan fingerprint density at radius 1 is 1.21 bits per heavy atom. The second-order valence-corrected chi connectivity index (χ2v) is 7.92. The number of benzene rings is 2. The van der Waals surface area contributed by atoms with Crippen molar-refractivity contribution in [3.63, 3.8) is 0 Å². The number of fused-ring (bicyclic) bond motifs is 2. The maximum atomic E-state index is 10.7. The standard InChI is InChI=1S/C22H25ClO5/c1-2-26-18-6-3-15(4-7-18)11-16-12-17(5-8-19(16)23)22-20(25)9-10-21(13-24,28-22)14-27-22/h3-8,12,20,24-25H,2,9-11,13-14H2,1H3/t20-,21+,22+/m1/s1. The first kappa shape index (κ1) is 19.7. The molecule has 0 aliphatic carbocycles. The van der Waals surface area contributed by atoms with Crippen LogP contribution < -0.4 is 4.74 Å². The van der Waals surface area contributed by atoms with Crippen molar-refractivity contribution in [2.24, 2.45) is 0 Å². The molecule has 0 radical (unpaired) electrons. The van der Waals surface area contributed by atoms with Crippen molar-refractivity contribution in [2.75, 3.05) is 19.8 Å². The molecule has 0 saturated carbocycles. The van der Waals surface area contributed by atoms with Gasteiger partial charge in [-0.2, -0.15) is 0 Å². The lowest BCUT2D eigenvalue weighted by atomic mass is 9.88. The van der Waals surface area contributed by atoms with Gasteiger partial charge in [0.05, 0.1) is 19.8 Å². The van der Waals surface area contributed by atoms with Crippen LogP contribution in [0.15, 0.2) is 42.5 Å². The Morgan fingerprint density at radius 2 is 2.00 bits per heavy atom. The van der Waals surface area contributed by atoms with Crippen molar-refractivity contribution >= 4 is 11.6 Å². The van der Waals surface area contributed by atoms with Crippen molar-refractivity contribution in [1.82, 2.24) is 0 Å². The SMILES string of the molecule is CCOc1ccc(Cc2cc([C@@]34OC[C@@](CO)(CC[C@H]3O)O4)ccc2Cl)cc1. The molecule has 2 aromatic rings. The van der Waals surface area contributed by atoms with Gasteiger partial charge in [0.1, 0.15) is 17.5 Å². The zero-order valence-corrected chi connectivity index (χ0v) is 16.6. The number of aliphatic hydroxyl groups is 2. The van der Waals surface area contributed by atoms with Gasteiger partial charge >= 0.3 is 0 Å². The third-order valence-electron chi connectivity index (χ3n) is 5.60. The first-order chi connectivity index (χ1) is 13.5. The van der Waals surface area contributed by atoms with Gasteiger partial charge in [-0.1, -0.05) is 29.8 Å². The molecule has 2 aliphatic rings. The molecule has 5 nitrogen and oxygen atoms in total. The highest BCUT2D eigenvalue weighted by molar-refractivity contribution is 6.31. The summed E-state index contributed by atoms with van der Waals surface area (Å²) in [6.07, 6.45) is 0.918. The third-order valence-corrected chi connectivity index (χ3v) is 5.96. The maximum absolute atomic E-state index is 10.7. The monoisotopic (exact) mass is 404 g/mol. The second-order valence-electron chi connectivity index (χ2n) is 7.51. The van der Waals surface area contributed by atoms with Crippen molar-refractivity contribution < 1.29 is 24.4 Å².